The number of nitrogens with one attached hydrogen (secondary N) is 1. The number of aliphatic imine (C=N–C) groups is 1. The molecule has 0 fully saturated rings. The second-order valence-corrected chi connectivity index (χ2v) is 5.93. The highest BCUT2D eigenvalue weighted by atomic mass is 19.2. The van der Waals surface area contributed by atoms with Gasteiger partial charge in [-0.25, -0.2) is 8.78 Å². The quantitative estimate of drug-likeness (QED) is 0.470. The summed E-state index contributed by atoms with van der Waals surface area (Å²) in [6, 6.07) is 1.87. The number of rotatable bonds is 6. The van der Waals surface area contributed by atoms with Crippen LogP contribution < -0.4 is 5.32 Å². The highest BCUT2D eigenvalue weighted by Crippen LogP contribution is 2.34. The zero-order chi connectivity index (χ0) is 16.9. The van der Waals surface area contributed by atoms with E-state index >= 15 is 0 Å². The molecule has 0 radical (unpaired) electrons. The van der Waals surface area contributed by atoms with Crippen LogP contribution in [0.1, 0.15) is 24.6 Å². The maximum atomic E-state index is 13.4. The third kappa shape index (κ3) is 4.34. The van der Waals surface area contributed by atoms with Gasteiger partial charge in [-0.1, -0.05) is 13.0 Å². The summed E-state index contributed by atoms with van der Waals surface area (Å²) in [6.45, 7) is 7.92. The first-order chi connectivity index (χ1) is 10.9. The van der Waals surface area contributed by atoms with Gasteiger partial charge in [-0.3, -0.25) is 9.98 Å². The molecule has 23 heavy (non-hydrogen) atoms. The van der Waals surface area contributed by atoms with Crippen LogP contribution in [0.15, 0.2) is 53.7 Å². The van der Waals surface area contributed by atoms with Crippen molar-refractivity contribution >= 4 is 12.0 Å². The molecule has 1 aliphatic carbocycles. The molecule has 0 saturated heterocycles. The first-order valence-electron chi connectivity index (χ1n) is 7.50. The van der Waals surface area contributed by atoms with Crippen molar-refractivity contribution in [2.24, 2.45) is 10.4 Å². The summed E-state index contributed by atoms with van der Waals surface area (Å²) in [6.07, 6.45) is 8.86. The van der Waals surface area contributed by atoms with Crippen molar-refractivity contribution in [2.75, 3.05) is 11.9 Å². The molecule has 0 spiro atoms. The average Bonchev–Trinajstić information content (AvgIpc) is 2.51. The fraction of sp³-hybridized carbons (Fsp3) is 0.333. The van der Waals surface area contributed by atoms with Gasteiger partial charge in [0.2, 0.25) is 0 Å². The van der Waals surface area contributed by atoms with Crippen LogP contribution in [-0.4, -0.2) is 17.9 Å². The van der Waals surface area contributed by atoms with Gasteiger partial charge in [-0.2, -0.15) is 0 Å². The number of hydrogen-bond donors (Lipinski definition) is 1. The Balaban J connectivity index is 2.01. The number of aryl methyl sites for hydroxylation is 1. The highest BCUT2D eigenvalue weighted by molar-refractivity contribution is 5.77. The fourth-order valence-corrected chi connectivity index (χ4v) is 2.47. The molecule has 0 aliphatic heterocycles. The number of aromatic nitrogens is 1. The number of allylic oxidation sites excluding steroid dienone is 4. The molecule has 0 aromatic carbocycles. The lowest BCUT2D eigenvalue weighted by atomic mass is 9.83. The predicted molar refractivity (Wildman–Crippen MR) is 91.0 cm³/mol. The standard InChI is InChI=1S/C18H21F2N3/c1-4-5-14-13(2)22-9-7-17(14)23-12-21-11-18(3)8-6-15(19)16(20)10-18/h4,6-7,9-10,12H,1,5,8,11H2,2-3H3,(H,21,22,23). The second-order valence-electron chi connectivity index (χ2n) is 5.93. The Morgan fingerprint density at radius 1 is 1.43 bits per heavy atom. The van der Waals surface area contributed by atoms with Gasteiger partial charge in [0.25, 0.3) is 0 Å². The van der Waals surface area contributed by atoms with Crippen LogP contribution >= 0.6 is 0 Å². The first kappa shape index (κ1) is 17.1. The largest absolute Gasteiger partial charge is 0.346 e. The summed E-state index contributed by atoms with van der Waals surface area (Å²) in [5.74, 6) is -1.59. The van der Waals surface area contributed by atoms with Gasteiger partial charge in [-0.15, -0.1) is 6.58 Å². The molecule has 1 unspecified atom stereocenters. The molecule has 5 heteroatoms. The SMILES string of the molecule is C=CCc1c(NC=NCC2(C)C=C(F)C(F)=CC2)ccnc1C. The molecule has 0 bridgehead atoms. The molecule has 1 atom stereocenters. The van der Waals surface area contributed by atoms with E-state index in [4.69, 9.17) is 0 Å². The van der Waals surface area contributed by atoms with Gasteiger partial charge < -0.3 is 5.32 Å². The topological polar surface area (TPSA) is 37.3 Å². The molecular formula is C18H21F2N3. The maximum Gasteiger partial charge on any atom is 0.155 e. The monoisotopic (exact) mass is 317 g/mol. The summed E-state index contributed by atoms with van der Waals surface area (Å²) < 4.78 is 26.4. The smallest absolute Gasteiger partial charge is 0.155 e. The normalized spacial score (nSPS) is 21.0. The van der Waals surface area contributed by atoms with E-state index in [-0.39, 0.29) is 0 Å². The summed E-state index contributed by atoms with van der Waals surface area (Å²) in [7, 11) is 0. The summed E-state index contributed by atoms with van der Waals surface area (Å²) >= 11 is 0. The minimum atomic E-state index is -0.806. The first-order valence-corrected chi connectivity index (χ1v) is 7.50. The van der Waals surface area contributed by atoms with Gasteiger partial charge in [-0.05, 0) is 38.0 Å². The van der Waals surface area contributed by atoms with E-state index in [0.29, 0.717) is 19.4 Å². The van der Waals surface area contributed by atoms with Crippen LogP contribution in [0.25, 0.3) is 0 Å². The van der Waals surface area contributed by atoms with Crippen LogP contribution in [0.2, 0.25) is 0 Å². The van der Waals surface area contributed by atoms with E-state index in [0.717, 1.165) is 16.9 Å². The second kappa shape index (κ2) is 7.31. The molecule has 0 amide bonds. The minimum absolute atomic E-state index is 0.373. The Labute approximate surface area is 135 Å². The Kier molecular flexibility index (Phi) is 5.42. The van der Waals surface area contributed by atoms with Crippen LogP contribution in [-0.2, 0) is 6.42 Å². The van der Waals surface area contributed by atoms with Crippen molar-refractivity contribution in [3.8, 4) is 0 Å². The van der Waals surface area contributed by atoms with Crippen molar-refractivity contribution in [2.45, 2.75) is 26.7 Å². The molecule has 1 aliphatic rings. The van der Waals surface area contributed by atoms with E-state index in [1.165, 1.54) is 12.2 Å². The van der Waals surface area contributed by atoms with Crippen LogP contribution in [0.3, 0.4) is 0 Å². The zero-order valence-electron chi connectivity index (χ0n) is 13.4. The Morgan fingerprint density at radius 2 is 2.22 bits per heavy atom. The van der Waals surface area contributed by atoms with Crippen molar-refractivity contribution < 1.29 is 8.78 Å². The fourth-order valence-electron chi connectivity index (χ4n) is 2.47. The van der Waals surface area contributed by atoms with Crippen molar-refractivity contribution in [1.29, 1.82) is 0 Å². The average molecular weight is 317 g/mol. The van der Waals surface area contributed by atoms with Crippen molar-refractivity contribution in [3.05, 3.63) is 60.0 Å². The minimum Gasteiger partial charge on any atom is -0.346 e. The molecular weight excluding hydrogens is 296 g/mol. The van der Waals surface area contributed by atoms with Crippen LogP contribution in [0.5, 0.6) is 0 Å². The van der Waals surface area contributed by atoms with Gasteiger partial charge in [0.1, 0.15) is 0 Å². The molecule has 0 saturated carbocycles. The maximum absolute atomic E-state index is 13.4. The summed E-state index contributed by atoms with van der Waals surface area (Å²) in [5.41, 5.74) is 2.42. The molecule has 1 aromatic rings. The molecule has 2 rings (SSSR count). The number of halogens is 2. The van der Waals surface area contributed by atoms with E-state index < -0.39 is 17.1 Å². The molecule has 1 heterocycles. The predicted octanol–water partition coefficient (Wildman–Crippen LogP) is 4.68. The van der Waals surface area contributed by atoms with Gasteiger partial charge in [0.15, 0.2) is 11.7 Å². The third-order valence-corrected chi connectivity index (χ3v) is 3.83. The Hall–Kier alpha value is -2.30. The molecule has 3 nitrogen and oxygen atoms in total. The van der Waals surface area contributed by atoms with Gasteiger partial charge in [0.05, 0.1) is 6.34 Å². The number of nitrogens with zero attached hydrogens (tertiary/aromatic N) is 2. The van der Waals surface area contributed by atoms with E-state index in [1.54, 1.807) is 12.5 Å². The van der Waals surface area contributed by atoms with Crippen LogP contribution in [0, 0.1) is 12.3 Å². The summed E-state index contributed by atoms with van der Waals surface area (Å²) in [4.78, 5) is 8.57. The number of anilines is 1. The highest BCUT2D eigenvalue weighted by Gasteiger charge is 2.26. The summed E-state index contributed by atoms with van der Waals surface area (Å²) in [5, 5.41) is 3.13. The van der Waals surface area contributed by atoms with E-state index in [1.807, 2.05) is 26.0 Å². The Bertz CT molecular complexity index is 677. The third-order valence-electron chi connectivity index (χ3n) is 3.83. The van der Waals surface area contributed by atoms with Crippen molar-refractivity contribution in [1.82, 2.24) is 4.98 Å². The number of hydrogen-bond acceptors (Lipinski definition) is 2. The zero-order valence-corrected chi connectivity index (χ0v) is 13.4. The van der Waals surface area contributed by atoms with E-state index in [2.05, 4.69) is 21.9 Å². The lowest BCUT2D eigenvalue weighted by molar-refractivity contribution is 0.404. The molecule has 1 aromatic heterocycles. The van der Waals surface area contributed by atoms with Crippen LogP contribution in [0.4, 0.5) is 14.5 Å². The van der Waals surface area contributed by atoms with Gasteiger partial charge in [0, 0.05) is 35.1 Å². The Morgan fingerprint density at radius 3 is 2.91 bits per heavy atom. The lowest BCUT2D eigenvalue weighted by Gasteiger charge is -2.25. The molecule has 1 N–H and O–H groups in total. The number of pyridine rings is 1. The molecule has 122 valence electrons. The van der Waals surface area contributed by atoms with Crippen molar-refractivity contribution in [3.63, 3.8) is 0 Å². The van der Waals surface area contributed by atoms with E-state index in [9.17, 15) is 8.78 Å². The lowest BCUT2D eigenvalue weighted by Crippen LogP contribution is -2.20. The van der Waals surface area contributed by atoms with Gasteiger partial charge >= 0.3 is 0 Å².